The average Bonchev–Trinajstić information content (AvgIpc) is 3.04. The molecule has 3 nitrogen and oxygen atoms in total. The average molecular weight is 280 g/mol. The van der Waals surface area contributed by atoms with E-state index in [9.17, 15) is 0 Å². The van der Waals surface area contributed by atoms with Crippen LogP contribution in [0.3, 0.4) is 0 Å². The van der Waals surface area contributed by atoms with Gasteiger partial charge in [0.15, 0.2) is 0 Å². The molecule has 0 unspecified atom stereocenters. The summed E-state index contributed by atoms with van der Waals surface area (Å²) >= 11 is 5.86. The summed E-state index contributed by atoms with van der Waals surface area (Å²) in [5.41, 5.74) is 0.584. The molecule has 102 valence electrons. The Morgan fingerprint density at radius 3 is 2.37 bits per heavy atom. The Bertz CT molecular complexity index is 473. The molecule has 2 heterocycles. The molecule has 0 aromatic carbocycles. The first-order valence-corrected chi connectivity index (χ1v) is 7.15. The van der Waals surface area contributed by atoms with E-state index in [1.165, 1.54) is 0 Å². The van der Waals surface area contributed by atoms with Gasteiger partial charge >= 0.3 is 7.12 Å². The Morgan fingerprint density at radius 2 is 1.84 bits per heavy atom. The van der Waals surface area contributed by atoms with Gasteiger partial charge in [0.05, 0.1) is 16.2 Å². The van der Waals surface area contributed by atoms with Crippen molar-refractivity contribution >= 4 is 18.7 Å². The molecule has 2 atom stereocenters. The molecular weight excluding hydrogens is 260 g/mol. The van der Waals surface area contributed by atoms with E-state index in [4.69, 9.17) is 20.9 Å². The first-order chi connectivity index (χ1) is 8.80. The van der Waals surface area contributed by atoms with Gasteiger partial charge < -0.3 is 9.31 Å². The number of halogens is 1. The maximum atomic E-state index is 6.09. The number of hydrogen-bond acceptors (Lipinski definition) is 3. The molecule has 2 aliphatic rings. The highest BCUT2D eigenvalue weighted by molar-refractivity contribution is 6.49. The standard InChI is InChI=1S/C14H19BClNO2/c1-13(2)14(3,4)19-15(18-13)11-7-10(11)12-6-5-9(16)8-17-12/h5-6,8,10-11H,7H2,1-4H3/t10-,11-/m0/s1. The molecule has 5 heteroatoms. The van der Waals surface area contributed by atoms with Gasteiger partial charge in [-0.2, -0.15) is 0 Å². The lowest BCUT2D eigenvalue weighted by Gasteiger charge is -2.32. The first-order valence-electron chi connectivity index (χ1n) is 6.77. The van der Waals surface area contributed by atoms with E-state index in [1.807, 2.05) is 12.1 Å². The molecule has 1 aromatic heterocycles. The van der Waals surface area contributed by atoms with Crippen LogP contribution in [-0.4, -0.2) is 23.3 Å². The number of aromatic nitrogens is 1. The van der Waals surface area contributed by atoms with Crippen LogP contribution in [0.1, 0.15) is 45.7 Å². The summed E-state index contributed by atoms with van der Waals surface area (Å²) in [7, 11) is -0.118. The molecular formula is C14H19BClNO2. The van der Waals surface area contributed by atoms with Crippen molar-refractivity contribution in [3.63, 3.8) is 0 Å². The smallest absolute Gasteiger partial charge is 0.403 e. The van der Waals surface area contributed by atoms with Crippen LogP contribution in [0.4, 0.5) is 0 Å². The minimum Gasteiger partial charge on any atom is -0.403 e. The quantitative estimate of drug-likeness (QED) is 0.774. The molecule has 1 saturated carbocycles. The zero-order chi connectivity index (χ0) is 13.8. The molecule has 2 fully saturated rings. The normalized spacial score (nSPS) is 31.5. The zero-order valence-corrected chi connectivity index (χ0v) is 12.6. The molecule has 0 bridgehead atoms. The fourth-order valence-electron chi connectivity index (χ4n) is 2.53. The van der Waals surface area contributed by atoms with Crippen LogP contribution in [0.5, 0.6) is 0 Å². The Kier molecular flexibility index (Phi) is 2.97. The number of pyridine rings is 1. The van der Waals surface area contributed by atoms with E-state index >= 15 is 0 Å². The summed E-state index contributed by atoms with van der Waals surface area (Å²) in [5, 5.41) is 0.677. The lowest BCUT2D eigenvalue weighted by molar-refractivity contribution is 0.00578. The van der Waals surface area contributed by atoms with Crippen LogP contribution >= 0.6 is 11.6 Å². The monoisotopic (exact) mass is 279 g/mol. The highest BCUT2D eigenvalue weighted by Gasteiger charge is 2.60. The van der Waals surface area contributed by atoms with E-state index in [-0.39, 0.29) is 18.3 Å². The van der Waals surface area contributed by atoms with Gasteiger partial charge in [-0.15, -0.1) is 0 Å². The first kappa shape index (κ1) is 13.4. The van der Waals surface area contributed by atoms with Gasteiger partial charge in [0.2, 0.25) is 0 Å². The molecule has 0 radical (unpaired) electrons. The second kappa shape index (κ2) is 4.21. The van der Waals surface area contributed by atoms with Crippen LogP contribution in [0.25, 0.3) is 0 Å². The lowest BCUT2D eigenvalue weighted by Crippen LogP contribution is -2.41. The molecule has 1 saturated heterocycles. The van der Waals surface area contributed by atoms with Crippen LogP contribution in [0.15, 0.2) is 18.3 Å². The van der Waals surface area contributed by atoms with E-state index in [1.54, 1.807) is 6.20 Å². The van der Waals surface area contributed by atoms with E-state index in [0.717, 1.165) is 12.1 Å². The molecule has 1 aliphatic heterocycles. The molecule has 19 heavy (non-hydrogen) atoms. The van der Waals surface area contributed by atoms with Crippen LogP contribution in [-0.2, 0) is 9.31 Å². The molecule has 0 N–H and O–H groups in total. The third-order valence-electron chi connectivity index (χ3n) is 4.59. The predicted molar refractivity (Wildman–Crippen MR) is 76.4 cm³/mol. The largest absolute Gasteiger partial charge is 0.461 e. The summed E-state index contributed by atoms with van der Waals surface area (Å²) in [4.78, 5) is 4.39. The summed E-state index contributed by atoms with van der Waals surface area (Å²) < 4.78 is 12.2. The molecule has 0 spiro atoms. The van der Waals surface area contributed by atoms with Crippen LogP contribution < -0.4 is 0 Å². The molecule has 0 amide bonds. The van der Waals surface area contributed by atoms with Crippen molar-refractivity contribution < 1.29 is 9.31 Å². The molecule has 1 aliphatic carbocycles. The van der Waals surface area contributed by atoms with Crippen molar-refractivity contribution in [3.8, 4) is 0 Å². The Labute approximate surface area is 119 Å². The summed E-state index contributed by atoms with van der Waals surface area (Å²) in [6.45, 7) is 8.35. The van der Waals surface area contributed by atoms with E-state index in [0.29, 0.717) is 16.8 Å². The zero-order valence-electron chi connectivity index (χ0n) is 11.8. The minimum atomic E-state index is -0.252. The number of nitrogens with zero attached hydrogens (tertiary/aromatic N) is 1. The van der Waals surface area contributed by atoms with Crippen LogP contribution in [0.2, 0.25) is 10.8 Å². The van der Waals surface area contributed by atoms with Gasteiger partial charge in [-0.1, -0.05) is 11.6 Å². The Hall–Kier alpha value is -0.575. The summed E-state index contributed by atoms with van der Waals surface area (Å²) in [5.74, 6) is 0.849. The van der Waals surface area contributed by atoms with Crippen molar-refractivity contribution in [2.24, 2.45) is 0 Å². The van der Waals surface area contributed by atoms with Crippen molar-refractivity contribution in [1.29, 1.82) is 0 Å². The Balaban J connectivity index is 1.70. The third-order valence-corrected chi connectivity index (χ3v) is 4.81. The van der Waals surface area contributed by atoms with Gasteiger partial charge in [0, 0.05) is 23.6 Å². The molecule has 1 aromatic rings. The summed E-state index contributed by atoms with van der Waals surface area (Å²) in [6, 6.07) is 3.89. The van der Waals surface area contributed by atoms with Crippen molar-refractivity contribution in [1.82, 2.24) is 4.98 Å². The topological polar surface area (TPSA) is 31.4 Å². The van der Waals surface area contributed by atoms with Crippen molar-refractivity contribution in [2.75, 3.05) is 0 Å². The molecule has 3 rings (SSSR count). The maximum Gasteiger partial charge on any atom is 0.461 e. The van der Waals surface area contributed by atoms with Crippen molar-refractivity contribution in [2.45, 2.75) is 57.1 Å². The fourth-order valence-corrected chi connectivity index (χ4v) is 2.64. The second-order valence-corrected chi connectivity index (χ2v) is 6.97. The third kappa shape index (κ3) is 2.30. The number of hydrogen-bond donors (Lipinski definition) is 0. The van der Waals surface area contributed by atoms with E-state index < -0.39 is 0 Å². The van der Waals surface area contributed by atoms with E-state index in [2.05, 4.69) is 32.7 Å². The highest BCUT2D eigenvalue weighted by atomic mass is 35.5. The van der Waals surface area contributed by atoms with Crippen LogP contribution in [0, 0.1) is 0 Å². The minimum absolute atomic E-state index is 0.118. The van der Waals surface area contributed by atoms with Crippen molar-refractivity contribution in [3.05, 3.63) is 29.0 Å². The SMILES string of the molecule is CC1(C)OB([C@H]2C[C@@H]2c2ccc(Cl)cn2)OC1(C)C. The fraction of sp³-hybridized carbons (Fsp3) is 0.643. The summed E-state index contributed by atoms with van der Waals surface area (Å²) in [6.07, 6.45) is 2.78. The van der Waals surface area contributed by atoms with Gasteiger partial charge in [-0.05, 0) is 46.2 Å². The lowest BCUT2D eigenvalue weighted by atomic mass is 9.80. The van der Waals surface area contributed by atoms with Gasteiger partial charge in [-0.3, -0.25) is 4.98 Å². The Morgan fingerprint density at radius 1 is 1.21 bits per heavy atom. The van der Waals surface area contributed by atoms with Gasteiger partial charge in [0.1, 0.15) is 0 Å². The van der Waals surface area contributed by atoms with Gasteiger partial charge in [-0.25, -0.2) is 0 Å². The highest BCUT2D eigenvalue weighted by Crippen LogP contribution is 2.57. The number of rotatable bonds is 2. The predicted octanol–water partition coefficient (Wildman–Crippen LogP) is 3.68. The maximum absolute atomic E-state index is 6.09. The van der Waals surface area contributed by atoms with Gasteiger partial charge in [0.25, 0.3) is 0 Å². The second-order valence-electron chi connectivity index (χ2n) is 6.53.